The summed E-state index contributed by atoms with van der Waals surface area (Å²) in [5, 5.41) is 9.52. The molecule has 0 fully saturated rings. The Hall–Kier alpha value is -0.960. The van der Waals surface area contributed by atoms with Crippen LogP contribution in [0.4, 0.5) is 0 Å². The third-order valence-corrected chi connectivity index (χ3v) is 5.45. The van der Waals surface area contributed by atoms with Gasteiger partial charge < -0.3 is 5.11 Å². The third kappa shape index (κ3) is 2.08. The molecule has 1 N–H and O–H groups in total. The Labute approximate surface area is 106 Å². The second-order valence-electron chi connectivity index (χ2n) is 5.86. The van der Waals surface area contributed by atoms with Crippen molar-refractivity contribution in [2.45, 2.75) is 43.8 Å². The molecule has 0 saturated heterocycles. The van der Waals surface area contributed by atoms with Gasteiger partial charge in [0.05, 0.1) is 0 Å². The van der Waals surface area contributed by atoms with Crippen molar-refractivity contribution in [3.63, 3.8) is 0 Å². The van der Waals surface area contributed by atoms with E-state index in [1.165, 1.54) is 0 Å². The predicted molar refractivity (Wildman–Crippen MR) is 70.8 cm³/mol. The second kappa shape index (κ2) is 3.77. The molecule has 17 heavy (non-hydrogen) atoms. The van der Waals surface area contributed by atoms with Crippen molar-refractivity contribution in [3.8, 4) is 5.75 Å². The van der Waals surface area contributed by atoms with Crippen molar-refractivity contribution in [1.29, 1.82) is 0 Å². The molecule has 0 saturated carbocycles. The van der Waals surface area contributed by atoms with Crippen LogP contribution in [-0.2, 0) is 0 Å². The number of phenolic OH excluding ortho intramolecular Hbond substituents is 1. The van der Waals surface area contributed by atoms with Crippen molar-refractivity contribution >= 4 is 17.5 Å². The summed E-state index contributed by atoms with van der Waals surface area (Å²) < 4.78 is -0.120. The van der Waals surface area contributed by atoms with Crippen molar-refractivity contribution in [1.82, 2.24) is 0 Å². The van der Waals surface area contributed by atoms with E-state index in [1.54, 1.807) is 30.0 Å². The Balaban J connectivity index is 2.49. The Morgan fingerprint density at radius 1 is 1.35 bits per heavy atom. The number of fused-ring (bicyclic) bond motifs is 1. The zero-order chi connectivity index (χ0) is 12.8. The first-order valence-electron chi connectivity index (χ1n) is 5.78. The quantitative estimate of drug-likeness (QED) is 0.759. The maximum Gasteiger partial charge on any atom is 0.165 e. The summed E-state index contributed by atoms with van der Waals surface area (Å²) in [6.45, 7) is 8.59. The molecule has 1 unspecified atom stereocenters. The standard InChI is InChI=1S/C14H18O2S/c1-13(2,3)14(4)8-11(16)10-6-5-9(15)7-12(10)17-14/h5-7,15H,8H2,1-4H3. The zero-order valence-corrected chi connectivity index (χ0v) is 11.5. The third-order valence-electron chi connectivity index (χ3n) is 3.69. The summed E-state index contributed by atoms with van der Waals surface area (Å²) in [5.41, 5.74) is 0.783. The molecule has 2 rings (SSSR count). The van der Waals surface area contributed by atoms with Gasteiger partial charge >= 0.3 is 0 Å². The molecular weight excluding hydrogens is 232 g/mol. The van der Waals surface area contributed by atoms with Crippen LogP contribution in [0.2, 0.25) is 0 Å². The van der Waals surface area contributed by atoms with Gasteiger partial charge in [0.15, 0.2) is 5.78 Å². The molecule has 3 heteroatoms. The lowest BCUT2D eigenvalue weighted by Crippen LogP contribution is -2.41. The van der Waals surface area contributed by atoms with Gasteiger partial charge in [-0.1, -0.05) is 20.8 Å². The Kier molecular flexibility index (Phi) is 2.77. The van der Waals surface area contributed by atoms with Crippen LogP contribution in [0.25, 0.3) is 0 Å². The Bertz CT molecular complexity index is 474. The summed E-state index contributed by atoms with van der Waals surface area (Å²) in [6.07, 6.45) is 0.555. The van der Waals surface area contributed by atoms with E-state index in [0.717, 1.165) is 10.5 Å². The normalized spacial score (nSPS) is 24.6. The fourth-order valence-electron chi connectivity index (χ4n) is 1.92. The minimum atomic E-state index is -0.120. The molecule has 1 aromatic rings. The van der Waals surface area contributed by atoms with Gasteiger partial charge in [-0.05, 0) is 30.5 Å². The molecule has 1 aromatic carbocycles. The van der Waals surface area contributed by atoms with Crippen LogP contribution in [0.5, 0.6) is 5.75 Å². The molecule has 0 amide bonds. The second-order valence-corrected chi connectivity index (χ2v) is 7.41. The first-order chi connectivity index (χ1) is 7.73. The van der Waals surface area contributed by atoms with Crippen molar-refractivity contribution in [2.75, 3.05) is 0 Å². The highest BCUT2D eigenvalue weighted by molar-refractivity contribution is 8.01. The van der Waals surface area contributed by atoms with Crippen LogP contribution >= 0.6 is 11.8 Å². The average molecular weight is 250 g/mol. The monoisotopic (exact) mass is 250 g/mol. The number of aromatic hydroxyl groups is 1. The molecule has 1 aliphatic heterocycles. The number of thioether (sulfide) groups is 1. The van der Waals surface area contributed by atoms with E-state index in [1.807, 2.05) is 0 Å². The SMILES string of the molecule is CC(C)(C)C1(C)CC(=O)c2ccc(O)cc2S1. The molecule has 1 atom stereocenters. The Morgan fingerprint density at radius 2 is 2.00 bits per heavy atom. The summed E-state index contributed by atoms with van der Waals surface area (Å²) in [6, 6.07) is 5.00. The van der Waals surface area contributed by atoms with Gasteiger partial charge in [0.1, 0.15) is 5.75 Å². The number of rotatable bonds is 0. The van der Waals surface area contributed by atoms with Crippen LogP contribution in [0.1, 0.15) is 44.5 Å². The van der Waals surface area contributed by atoms with Crippen LogP contribution in [0.3, 0.4) is 0 Å². The molecule has 0 aliphatic carbocycles. The van der Waals surface area contributed by atoms with Crippen molar-refractivity contribution in [3.05, 3.63) is 23.8 Å². The zero-order valence-electron chi connectivity index (χ0n) is 10.7. The molecule has 0 bridgehead atoms. The molecule has 1 heterocycles. The van der Waals surface area contributed by atoms with E-state index in [2.05, 4.69) is 27.7 Å². The number of hydrogen-bond acceptors (Lipinski definition) is 3. The van der Waals surface area contributed by atoms with Gasteiger partial charge in [0.25, 0.3) is 0 Å². The van der Waals surface area contributed by atoms with E-state index in [-0.39, 0.29) is 21.7 Å². The van der Waals surface area contributed by atoms with Gasteiger partial charge in [-0.15, -0.1) is 11.8 Å². The summed E-state index contributed by atoms with van der Waals surface area (Å²) in [4.78, 5) is 13.1. The van der Waals surface area contributed by atoms with Crippen LogP contribution in [0, 0.1) is 5.41 Å². The van der Waals surface area contributed by atoms with E-state index >= 15 is 0 Å². The topological polar surface area (TPSA) is 37.3 Å². The van der Waals surface area contributed by atoms with Crippen LogP contribution < -0.4 is 0 Å². The lowest BCUT2D eigenvalue weighted by Gasteiger charge is -2.43. The summed E-state index contributed by atoms with van der Waals surface area (Å²) in [5.74, 6) is 0.401. The number of ketones is 1. The van der Waals surface area contributed by atoms with Crippen LogP contribution in [0.15, 0.2) is 23.1 Å². The van der Waals surface area contributed by atoms with Gasteiger partial charge in [-0.2, -0.15) is 0 Å². The van der Waals surface area contributed by atoms with Crippen LogP contribution in [-0.4, -0.2) is 15.6 Å². The van der Waals surface area contributed by atoms with E-state index in [4.69, 9.17) is 0 Å². The highest BCUT2D eigenvalue weighted by Gasteiger charge is 2.44. The predicted octanol–water partition coefficient (Wildman–Crippen LogP) is 3.88. The minimum absolute atomic E-state index is 0.0382. The number of benzene rings is 1. The molecule has 0 radical (unpaired) electrons. The van der Waals surface area contributed by atoms with Gasteiger partial charge in [-0.25, -0.2) is 0 Å². The molecule has 0 aromatic heterocycles. The Morgan fingerprint density at radius 3 is 2.59 bits per heavy atom. The maximum absolute atomic E-state index is 12.2. The van der Waals surface area contributed by atoms with Gasteiger partial charge in [0, 0.05) is 21.6 Å². The van der Waals surface area contributed by atoms with E-state index in [0.29, 0.717) is 6.42 Å². The van der Waals surface area contributed by atoms with Gasteiger partial charge in [0.2, 0.25) is 0 Å². The smallest absolute Gasteiger partial charge is 0.165 e. The van der Waals surface area contributed by atoms with Crippen molar-refractivity contribution in [2.24, 2.45) is 5.41 Å². The summed E-state index contributed by atoms with van der Waals surface area (Å²) in [7, 11) is 0. The highest BCUT2D eigenvalue weighted by Crippen LogP contribution is 2.52. The first-order valence-corrected chi connectivity index (χ1v) is 6.60. The number of Topliss-reactive ketones (excluding diaryl/α,β-unsaturated/α-hetero) is 1. The van der Waals surface area contributed by atoms with Gasteiger partial charge in [-0.3, -0.25) is 4.79 Å². The van der Waals surface area contributed by atoms with Crippen molar-refractivity contribution < 1.29 is 9.90 Å². The minimum Gasteiger partial charge on any atom is -0.508 e. The number of hydrogen-bond donors (Lipinski definition) is 1. The number of carbonyl (C=O) groups excluding carboxylic acids is 1. The largest absolute Gasteiger partial charge is 0.508 e. The fraction of sp³-hybridized carbons (Fsp3) is 0.500. The maximum atomic E-state index is 12.2. The van der Waals surface area contributed by atoms with E-state index < -0.39 is 0 Å². The molecule has 2 nitrogen and oxygen atoms in total. The lowest BCUT2D eigenvalue weighted by molar-refractivity contribution is 0.0937. The summed E-state index contributed by atoms with van der Waals surface area (Å²) >= 11 is 1.70. The number of phenols is 1. The first kappa shape index (κ1) is 12.5. The fourth-order valence-corrected chi connectivity index (χ4v) is 3.39. The lowest BCUT2D eigenvalue weighted by atomic mass is 9.77. The molecule has 92 valence electrons. The molecular formula is C14H18O2S. The molecule has 0 spiro atoms. The average Bonchev–Trinajstić information content (AvgIpc) is 2.14. The molecule has 1 aliphatic rings. The van der Waals surface area contributed by atoms with E-state index in [9.17, 15) is 9.90 Å². The highest BCUT2D eigenvalue weighted by atomic mass is 32.2. The number of carbonyl (C=O) groups is 1.